The van der Waals surface area contributed by atoms with E-state index in [1.54, 1.807) is 6.92 Å². The summed E-state index contributed by atoms with van der Waals surface area (Å²) in [6.07, 6.45) is 0. The number of anilines is 1. The number of carbonyl (C=O) groups is 1. The Morgan fingerprint density at radius 1 is 1.30 bits per heavy atom. The molecule has 1 atom stereocenters. The molecule has 0 unspecified atom stereocenters. The van der Waals surface area contributed by atoms with Gasteiger partial charge in [0, 0.05) is 0 Å². The van der Waals surface area contributed by atoms with Gasteiger partial charge in [0.15, 0.2) is 5.13 Å². The lowest BCUT2D eigenvalue weighted by Gasteiger charge is -2.05. The van der Waals surface area contributed by atoms with Gasteiger partial charge in [-0.05, 0) is 36.8 Å². The van der Waals surface area contributed by atoms with Crippen molar-refractivity contribution in [1.29, 1.82) is 0 Å². The van der Waals surface area contributed by atoms with Crippen LogP contribution in [0, 0.1) is 6.92 Å². The monoisotopic (exact) mass is 286 g/mol. The fourth-order valence-electron chi connectivity index (χ4n) is 2.10. The fourth-order valence-corrected chi connectivity index (χ4v) is 3.08. The number of aryl methyl sites for hydroxylation is 1. The highest BCUT2D eigenvalue weighted by atomic mass is 32.1. The van der Waals surface area contributed by atoms with E-state index in [4.69, 9.17) is 5.11 Å². The number of nitrogens with one attached hydrogen (secondary N) is 1. The van der Waals surface area contributed by atoms with Crippen LogP contribution in [0.2, 0.25) is 0 Å². The molecule has 5 heteroatoms. The molecular formula is C15H14N2O2S. The standard InChI is InChI=1S/C15H14N2O2S/c1-8-3-4-10-7-13-12(6-11(10)5-8)17-15(20-13)16-9(2)14(18)19/h3-7,9H,1-2H3,(H,16,17)(H,18,19)/t9-/m1/s1. The Balaban J connectivity index is 2.06. The van der Waals surface area contributed by atoms with E-state index in [1.807, 2.05) is 6.07 Å². The maximum Gasteiger partial charge on any atom is 0.325 e. The summed E-state index contributed by atoms with van der Waals surface area (Å²) in [6, 6.07) is 9.80. The molecule has 2 N–H and O–H groups in total. The largest absolute Gasteiger partial charge is 0.480 e. The Morgan fingerprint density at radius 2 is 2.10 bits per heavy atom. The number of carboxylic acid groups (broad SMARTS) is 1. The second-order valence-electron chi connectivity index (χ2n) is 4.89. The zero-order valence-corrected chi connectivity index (χ0v) is 12.0. The van der Waals surface area contributed by atoms with Crippen LogP contribution in [0.1, 0.15) is 12.5 Å². The number of nitrogens with zero attached hydrogens (tertiary/aromatic N) is 1. The summed E-state index contributed by atoms with van der Waals surface area (Å²) in [5.74, 6) is -0.884. The molecule has 0 amide bonds. The smallest absolute Gasteiger partial charge is 0.325 e. The number of hydrogen-bond acceptors (Lipinski definition) is 4. The third-order valence-electron chi connectivity index (χ3n) is 3.21. The van der Waals surface area contributed by atoms with Gasteiger partial charge in [-0.15, -0.1) is 0 Å². The average molecular weight is 286 g/mol. The molecule has 0 saturated carbocycles. The van der Waals surface area contributed by atoms with E-state index < -0.39 is 12.0 Å². The fraction of sp³-hybridized carbons (Fsp3) is 0.200. The highest BCUT2D eigenvalue weighted by molar-refractivity contribution is 7.22. The molecule has 0 aliphatic heterocycles. The highest BCUT2D eigenvalue weighted by Gasteiger charge is 2.13. The van der Waals surface area contributed by atoms with E-state index in [2.05, 4.69) is 41.5 Å². The molecule has 3 rings (SSSR count). The van der Waals surface area contributed by atoms with E-state index >= 15 is 0 Å². The first kappa shape index (κ1) is 12.9. The minimum absolute atomic E-state index is 0.641. The molecule has 0 aliphatic rings. The zero-order valence-electron chi connectivity index (χ0n) is 11.2. The molecule has 1 heterocycles. The summed E-state index contributed by atoms with van der Waals surface area (Å²) in [6.45, 7) is 3.67. The summed E-state index contributed by atoms with van der Waals surface area (Å²) in [4.78, 5) is 15.3. The molecule has 2 aromatic carbocycles. The summed E-state index contributed by atoms with van der Waals surface area (Å²) >= 11 is 1.48. The maximum absolute atomic E-state index is 10.9. The third kappa shape index (κ3) is 2.32. The minimum atomic E-state index is -0.884. The van der Waals surface area contributed by atoms with E-state index in [1.165, 1.54) is 22.3 Å². The lowest BCUT2D eigenvalue weighted by Crippen LogP contribution is -2.25. The van der Waals surface area contributed by atoms with Crippen LogP contribution in [0.5, 0.6) is 0 Å². The van der Waals surface area contributed by atoms with E-state index in [-0.39, 0.29) is 0 Å². The quantitative estimate of drug-likeness (QED) is 0.771. The summed E-state index contributed by atoms with van der Waals surface area (Å²) in [7, 11) is 0. The normalized spacial score (nSPS) is 12.7. The van der Waals surface area contributed by atoms with Crippen LogP contribution in [0.3, 0.4) is 0 Å². The van der Waals surface area contributed by atoms with Gasteiger partial charge in [0.1, 0.15) is 6.04 Å². The van der Waals surface area contributed by atoms with Gasteiger partial charge in [-0.25, -0.2) is 4.98 Å². The number of benzene rings is 2. The Morgan fingerprint density at radius 3 is 2.85 bits per heavy atom. The lowest BCUT2D eigenvalue weighted by atomic mass is 10.1. The van der Waals surface area contributed by atoms with Gasteiger partial charge in [-0.2, -0.15) is 0 Å². The number of carboxylic acids is 1. The van der Waals surface area contributed by atoms with Gasteiger partial charge in [0.2, 0.25) is 0 Å². The van der Waals surface area contributed by atoms with E-state index in [9.17, 15) is 4.79 Å². The van der Waals surface area contributed by atoms with Crippen LogP contribution in [-0.4, -0.2) is 22.1 Å². The average Bonchev–Trinajstić information content (AvgIpc) is 2.76. The summed E-state index contributed by atoms with van der Waals surface area (Å²) in [5, 5.41) is 14.8. The number of hydrogen-bond donors (Lipinski definition) is 2. The van der Waals surface area contributed by atoms with Crippen LogP contribution < -0.4 is 5.32 Å². The molecule has 0 bridgehead atoms. The Bertz CT molecular complexity index is 810. The molecule has 4 nitrogen and oxygen atoms in total. The van der Waals surface area contributed by atoms with Crippen LogP contribution in [-0.2, 0) is 4.79 Å². The molecule has 0 spiro atoms. The Kier molecular flexibility index (Phi) is 3.06. The van der Waals surface area contributed by atoms with Crippen molar-refractivity contribution in [3.05, 3.63) is 35.9 Å². The number of rotatable bonds is 3. The zero-order chi connectivity index (χ0) is 14.3. The lowest BCUT2D eigenvalue weighted by molar-refractivity contribution is -0.137. The molecule has 102 valence electrons. The van der Waals surface area contributed by atoms with Crippen LogP contribution in [0.15, 0.2) is 30.3 Å². The van der Waals surface area contributed by atoms with Crippen LogP contribution in [0.4, 0.5) is 5.13 Å². The molecule has 3 aromatic rings. The van der Waals surface area contributed by atoms with Crippen molar-refractivity contribution in [2.75, 3.05) is 5.32 Å². The van der Waals surface area contributed by atoms with Crippen LogP contribution >= 0.6 is 11.3 Å². The topological polar surface area (TPSA) is 62.2 Å². The summed E-state index contributed by atoms with van der Waals surface area (Å²) < 4.78 is 1.06. The first-order valence-electron chi connectivity index (χ1n) is 6.33. The van der Waals surface area contributed by atoms with Gasteiger partial charge >= 0.3 is 5.97 Å². The predicted octanol–water partition coefficient (Wildman–Crippen LogP) is 3.64. The number of thiazole rings is 1. The number of aliphatic carboxylic acids is 1. The molecule has 20 heavy (non-hydrogen) atoms. The first-order valence-corrected chi connectivity index (χ1v) is 7.15. The third-order valence-corrected chi connectivity index (χ3v) is 4.16. The molecular weight excluding hydrogens is 272 g/mol. The minimum Gasteiger partial charge on any atom is -0.480 e. The molecule has 0 saturated heterocycles. The van der Waals surface area contributed by atoms with E-state index in [0.29, 0.717) is 5.13 Å². The van der Waals surface area contributed by atoms with Crippen molar-refractivity contribution in [2.24, 2.45) is 0 Å². The predicted molar refractivity (Wildman–Crippen MR) is 82.6 cm³/mol. The van der Waals surface area contributed by atoms with Gasteiger partial charge in [-0.1, -0.05) is 35.1 Å². The van der Waals surface area contributed by atoms with Crippen molar-refractivity contribution >= 4 is 43.4 Å². The van der Waals surface area contributed by atoms with E-state index in [0.717, 1.165) is 15.6 Å². The van der Waals surface area contributed by atoms with Crippen molar-refractivity contribution < 1.29 is 9.90 Å². The van der Waals surface area contributed by atoms with Crippen molar-refractivity contribution in [2.45, 2.75) is 19.9 Å². The van der Waals surface area contributed by atoms with Gasteiger partial charge in [-0.3, -0.25) is 4.79 Å². The van der Waals surface area contributed by atoms with Gasteiger partial charge in [0.05, 0.1) is 10.2 Å². The van der Waals surface area contributed by atoms with Crippen molar-refractivity contribution in [1.82, 2.24) is 4.98 Å². The molecule has 0 fully saturated rings. The Labute approximate surface area is 120 Å². The second kappa shape index (κ2) is 4.76. The Hall–Kier alpha value is -2.14. The SMILES string of the molecule is Cc1ccc2cc3sc(N[C@H](C)C(=O)O)nc3cc2c1. The van der Waals surface area contributed by atoms with Crippen LogP contribution in [0.25, 0.3) is 21.0 Å². The second-order valence-corrected chi connectivity index (χ2v) is 5.92. The van der Waals surface area contributed by atoms with Gasteiger partial charge < -0.3 is 10.4 Å². The summed E-state index contributed by atoms with van der Waals surface area (Å²) in [5.41, 5.74) is 2.11. The van der Waals surface area contributed by atoms with Crippen molar-refractivity contribution in [3.63, 3.8) is 0 Å². The first-order chi connectivity index (χ1) is 9.52. The molecule has 1 aromatic heterocycles. The number of fused-ring (bicyclic) bond motifs is 2. The molecule has 0 aliphatic carbocycles. The number of aromatic nitrogens is 1. The maximum atomic E-state index is 10.9. The van der Waals surface area contributed by atoms with Gasteiger partial charge in [0.25, 0.3) is 0 Å². The highest BCUT2D eigenvalue weighted by Crippen LogP contribution is 2.30. The van der Waals surface area contributed by atoms with Crippen molar-refractivity contribution in [3.8, 4) is 0 Å². The molecule has 0 radical (unpaired) electrons.